The van der Waals surface area contributed by atoms with E-state index in [1.807, 2.05) is 0 Å². The summed E-state index contributed by atoms with van der Waals surface area (Å²) in [7, 11) is 1.12. The monoisotopic (exact) mass is 280 g/mol. The second-order valence-electron chi connectivity index (χ2n) is 3.41. The molecule has 19 heavy (non-hydrogen) atoms. The van der Waals surface area contributed by atoms with Gasteiger partial charge in [0.05, 0.1) is 24.9 Å². The van der Waals surface area contributed by atoms with Gasteiger partial charge < -0.3 is 20.3 Å². The maximum absolute atomic E-state index is 12.1. The summed E-state index contributed by atoms with van der Waals surface area (Å²) in [6.45, 7) is -0.310. The summed E-state index contributed by atoms with van der Waals surface area (Å²) >= 11 is 0. The fourth-order valence-corrected chi connectivity index (χ4v) is 1.28. The Morgan fingerprint density at radius 1 is 1.53 bits per heavy atom. The van der Waals surface area contributed by atoms with Gasteiger partial charge in [0.15, 0.2) is 11.5 Å². The number of esters is 1. The molecular formula is C10H11F3N2O4. The number of alkyl halides is 3. The summed E-state index contributed by atoms with van der Waals surface area (Å²) in [5.41, 5.74) is 4.98. The molecule has 106 valence electrons. The molecule has 0 atom stereocenters. The van der Waals surface area contributed by atoms with E-state index in [9.17, 15) is 23.1 Å². The van der Waals surface area contributed by atoms with Gasteiger partial charge >= 0.3 is 12.3 Å². The van der Waals surface area contributed by atoms with Gasteiger partial charge in [-0.2, -0.15) is 0 Å². The van der Waals surface area contributed by atoms with Crippen LogP contribution in [0.25, 0.3) is 0 Å². The number of hydrogen-bond acceptors (Lipinski definition) is 6. The fourth-order valence-electron chi connectivity index (χ4n) is 1.28. The first-order valence-electron chi connectivity index (χ1n) is 5.01. The molecule has 1 aromatic rings. The van der Waals surface area contributed by atoms with E-state index in [0.717, 1.165) is 13.2 Å². The van der Waals surface area contributed by atoms with E-state index < -0.39 is 23.8 Å². The Labute approximate surface area is 105 Å². The molecule has 3 N–H and O–H groups in total. The summed E-state index contributed by atoms with van der Waals surface area (Å²) in [5.74, 6) is -2.37. The molecule has 1 heterocycles. The van der Waals surface area contributed by atoms with Crippen molar-refractivity contribution >= 4 is 5.97 Å². The van der Waals surface area contributed by atoms with Crippen LogP contribution < -0.4 is 10.5 Å². The van der Waals surface area contributed by atoms with Gasteiger partial charge in [-0.15, -0.1) is 13.2 Å². The van der Waals surface area contributed by atoms with Crippen molar-refractivity contribution in [2.24, 2.45) is 5.73 Å². The molecule has 6 nitrogen and oxygen atoms in total. The van der Waals surface area contributed by atoms with Crippen molar-refractivity contribution in [3.05, 3.63) is 17.5 Å². The predicted octanol–water partition coefficient (Wildman–Crippen LogP) is 0.860. The number of nitrogens with zero attached hydrogens (tertiary/aromatic N) is 1. The zero-order chi connectivity index (χ0) is 14.6. The second-order valence-corrected chi connectivity index (χ2v) is 3.41. The minimum atomic E-state index is -4.98. The van der Waals surface area contributed by atoms with Crippen LogP contribution in [0.3, 0.4) is 0 Å². The molecule has 0 spiro atoms. The molecular weight excluding hydrogens is 269 g/mol. The molecule has 1 rings (SSSR count). The van der Waals surface area contributed by atoms with Crippen molar-refractivity contribution < 1.29 is 32.5 Å². The van der Waals surface area contributed by atoms with Gasteiger partial charge in [0.2, 0.25) is 0 Å². The quantitative estimate of drug-likeness (QED) is 0.794. The van der Waals surface area contributed by atoms with E-state index >= 15 is 0 Å². The summed E-state index contributed by atoms with van der Waals surface area (Å²) in [6, 6.07) is 0.804. The lowest BCUT2D eigenvalue weighted by Gasteiger charge is -2.13. The average Bonchev–Trinajstić information content (AvgIpc) is 2.31. The minimum absolute atomic E-state index is 0.0515. The van der Waals surface area contributed by atoms with Crippen LogP contribution >= 0.6 is 0 Å². The van der Waals surface area contributed by atoms with Crippen LogP contribution in [-0.2, 0) is 22.5 Å². The first-order valence-corrected chi connectivity index (χ1v) is 5.01. The largest absolute Gasteiger partial charge is 0.573 e. The van der Waals surface area contributed by atoms with Crippen LogP contribution in [0, 0.1) is 0 Å². The molecule has 0 saturated heterocycles. The number of pyridine rings is 1. The molecule has 0 unspecified atom stereocenters. The van der Waals surface area contributed by atoms with Gasteiger partial charge in [-0.1, -0.05) is 0 Å². The number of carbonyl (C=O) groups excluding carboxylic acids is 1. The van der Waals surface area contributed by atoms with Crippen molar-refractivity contribution in [1.29, 1.82) is 0 Å². The molecule has 0 fully saturated rings. The molecule has 0 aromatic carbocycles. The van der Waals surface area contributed by atoms with Crippen molar-refractivity contribution in [3.8, 4) is 11.5 Å². The Bertz CT molecular complexity index is 477. The zero-order valence-corrected chi connectivity index (χ0v) is 9.82. The van der Waals surface area contributed by atoms with Gasteiger partial charge in [-0.25, -0.2) is 0 Å². The Hall–Kier alpha value is -2.03. The predicted molar refractivity (Wildman–Crippen MR) is 56.2 cm³/mol. The van der Waals surface area contributed by atoms with Gasteiger partial charge in [-0.3, -0.25) is 9.78 Å². The minimum Gasteiger partial charge on any atom is -0.503 e. The molecule has 0 saturated carbocycles. The average molecular weight is 280 g/mol. The topological polar surface area (TPSA) is 94.7 Å². The van der Waals surface area contributed by atoms with Crippen molar-refractivity contribution in [1.82, 2.24) is 4.98 Å². The summed E-state index contributed by atoms with van der Waals surface area (Å²) < 4.78 is 44.4. The first-order chi connectivity index (χ1) is 8.76. The number of halogens is 3. The third-order valence-electron chi connectivity index (χ3n) is 2.06. The molecule has 0 aliphatic rings. The Morgan fingerprint density at radius 3 is 2.63 bits per heavy atom. The number of aromatic nitrogens is 1. The highest BCUT2D eigenvalue weighted by atomic mass is 19.4. The highest BCUT2D eigenvalue weighted by Crippen LogP contribution is 2.34. The molecule has 1 aromatic heterocycles. The SMILES string of the molecule is COC(=O)Cc1cc(OC(F)(F)F)c(O)c(CN)n1. The van der Waals surface area contributed by atoms with Gasteiger partial charge in [-0.05, 0) is 0 Å². The van der Waals surface area contributed by atoms with Crippen LogP contribution in [0.1, 0.15) is 11.4 Å². The van der Waals surface area contributed by atoms with E-state index in [-0.39, 0.29) is 24.4 Å². The summed E-state index contributed by atoms with van der Waals surface area (Å²) in [6.07, 6.45) is -5.34. The number of nitrogens with two attached hydrogens (primary N) is 1. The maximum Gasteiger partial charge on any atom is 0.573 e. The number of hydrogen-bond donors (Lipinski definition) is 2. The Balaban J connectivity index is 3.14. The Morgan fingerprint density at radius 2 is 2.16 bits per heavy atom. The smallest absolute Gasteiger partial charge is 0.503 e. The van der Waals surface area contributed by atoms with E-state index in [1.54, 1.807) is 0 Å². The third-order valence-corrected chi connectivity index (χ3v) is 2.06. The lowest BCUT2D eigenvalue weighted by atomic mass is 10.2. The molecule has 0 bridgehead atoms. The third kappa shape index (κ3) is 4.28. The van der Waals surface area contributed by atoms with Crippen LogP contribution in [0.2, 0.25) is 0 Å². The number of rotatable bonds is 4. The van der Waals surface area contributed by atoms with Crippen LogP contribution in [0.5, 0.6) is 11.5 Å². The Kier molecular flexibility index (Phi) is 4.54. The van der Waals surface area contributed by atoms with E-state index in [4.69, 9.17) is 5.73 Å². The number of aromatic hydroxyl groups is 1. The van der Waals surface area contributed by atoms with E-state index in [1.165, 1.54) is 0 Å². The van der Waals surface area contributed by atoms with Crippen LogP contribution in [-0.4, -0.2) is 29.5 Å². The zero-order valence-electron chi connectivity index (χ0n) is 9.82. The number of ether oxygens (including phenoxy) is 2. The lowest BCUT2D eigenvalue weighted by molar-refractivity contribution is -0.275. The fraction of sp³-hybridized carbons (Fsp3) is 0.400. The van der Waals surface area contributed by atoms with Crippen LogP contribution in [0.4, 0.5) is 13.2 Å². The van der Waals surface area contributed by atoms with Gasteiger partial charge in [0.1, 0.15) is 0 Å². The second kappa shape index (κ2) is 5.74. The van der Waals surface area contributed by atoms with Gasteiger partial charge in [0, 0.05) is 12.6 Å². The highest BCUT2D eigenvalue weighted by molar-refractivity contribution is 5.72. The molecule has 0 aliphatic carbocycles. The van der Waals surface area contributed by atoms with E-state index in [0.29, 0.717) is 0 Å². The highest BCUT2D eigenvalue weighted by Gasteiger charge is 2.33. The molecule has 0 aliphatic heterocycles. The lowest BCUT2D eigenvalue weighted by Crippen LogP contribution is -2.18. The van der Waals surface area contributed by atoms with Crippen molar-refractivity contribution in [3.63, 3.8) is 0 Å². The normalized spacial score (nSPS) is 11.2. The summed E-state index contributed by atoms with van der Waals surface area (Å²) in [5, 5.41) is 9.48. The van der Waals surface area contributed by atoms with E-state index in [2.05, 4.69) is 14.5 Å². The summed E-state index contributed by atoms with van der Waals surface area (Å²) in [4.78, 5) is 14.8. The molecule has 0 radical (unpaired) electrons. The molecule has 0 amide bonds. The van der Waals surface area contributed by atoms with Crippen molar-refractivity contribution in [2.75, 3.05) is 7.11 Å². The number of methoxy groups -OCH3 is 1. The first kappa shape index (κ1) is 15.0. The van der Waals surface area contributed by atoms with Crippen molar-refractivity contribution in [2.45, 2.75) is 19.3 Å². The molecule has 9 heteroatoms. The van der Waals surface area contributed by atoms with Gasteiger partial charge in [0.25, 0.3) is 0 Å². The number of carbonyl (C=O) groups is 1. The standard InChI is InChI=1S/C10H11F3N2O4/c1-18-8(16)3-5-2-7(19-10(11,12)13)9(17)6(4-14)15-5/h2,17H,3-4,14H2,1H3. The van der Waals surface area contributed by atoms with Crippen LogP contribution in [0.15, 0.2) is 6.07 Å². The maximum atomic E-state index is 12.1.